The van der Waals surface area contributed by atoms with Crippen LogP contribution in [-0.2, 0) is 11.2 Å². The van der Waals surface area contributed by atoms with Crippen LogP contribution in [0, 0.1) is 0 Å². The van der Waals surface area contributed by atoms with Crippen molar-refractivity contribution < 1.29 is 19.8 Å². The molecule has 0 aliphatic carbocycles. The maximum Gasteiger partial charge on any atom is 0.279 e. The van der Waals surface area contributed by atoms with Crippen molar-refractivity contribution in [3.63, 3.8) is 0 Å². The molecule has 0 bridgehead atoms. The van der Waals surface area contributed by atoms with Gasteiger partial charge in [-0.2, -0.15) is 0 Å². The number of carbonyl (C=O) groups is 2. The second kappa shape index (κ2) is 9.40. The van der Waals surface area contributed by atoms with Gasteiger partial charge in [0.15, 0.2) is 11.5 Å². The first-order valence-electron chi connectivity index (χ1n) is 8.35. The summed E-state index contributed by atoms with van der Waals surface area (Å²) in [5.41, 5.74) is 1.87. The number of hydrogen-bond donors (Lipinski definition) is 3. The number of nitrogens with zero attached hydrogens (tertiary/aromatic N) is 2. The largest absolute Gasteiger partial charge is 0.510 e. The van der Waals surface area contributed by atoms with Gasteiger partial charge in [0.2, 0.25) is 0 Å². The molecular formula is C20H21N3O4. The molecule has 2 aromatic rings. The van der Waals surface area contributed by atoms with E-state index in [2.05, 4.69) is 15.5 Å². The summed E-state index contributed by atoms with van der Waals surface area (Å²) in [4.78, 5) is 24.1. The number of ketones is 1. The summed E-state index contributed by atoms with van der Waals surface area (Å²) in [5, 5.41) is 29.1. The summed E-state index contributed by atoms with van der Waals surface area (Å²) in [5.74, 6) is -1.11. The van der Waals surface area contributed by atoms with Crippen LogP contribution in [0.4, 0.5) is 11.4 Å². The molecule has 140 valence electrons. The van der Waals surface area contributed by atoms with Crippen molar-refractivity contribution in [2.24, 2.45) is 10.2 Å². The number of anilines is 1. The SMILES string of the molecule is CC(=O)c1ccccc1N=NC(C(=O)Nc1ccc(CCO)cc1)=C(C)O. The fourth-order valence-corrected chi connectivity index (χ4v) is 2.32. The molecule has 1 amide bonds. The molecule has 0 aromatic heterocycles. The number of amides is 1. The van der Waals surface area contributed by atoms with Gasteiger partial charge in [0.1, 0.15) is 5.76 Å². The number of carbonyl (C=O) groups excluding carboxylic acids is 2. The van der Waals surface area contributed by atoms with E-state index >= 15 is 0 Å². The second-order valence-electron chi connectivity index (χ2n) is 5.83. The van der Waals surface area contributed by atoms with Crippen LogP contribution < -0.4 is 5.32 Å². The van der Waals surface area contributed by atoms with E-state index in [0.29, 0.717) is 23.4 Å². The molecule has 0 atom stereocenters. The standard InChI is InChI=1S/C20H21N3O4/c1-13(25)17-5-3-4-6-18(17)22-23-19(14(2)26)20(27)21-16-9-7-15(8-10-16)11-12-24/h3-10,24,26H,11-12H2,1-2H3,(H,21,27). The molecule has 0 heterocycles. The van der Waals surface area contributed by atoms with Gasteiger partial charge in [-0.25, -0.2) is 0 Å². The average molecular weight is 367 g/mol. The smallest absolute Gasteiger partial charge is 0.279 e. The normalized spacial score (nSPS) is 12.0. The Morgan fingerprint density at radius 1 is 1.04 bits per heavy atom. The summed E-state index contributed by atoms with van der Waals surface area (Å²) in [6.07, 6.45) is 0.527. The predicted molar refractivity (Wildman–Crippen MR) is 102 cm³/mol. The van der Waals surface area contributed by atoms with Crippen molar-refractivity contribution in [1.82, 2.24) is 0 Å². The van der Waals surface area contributed by atoms with Gasteiger partial charge >= 0.3 is 0 Å². The number of benzene rings is 2. The third kappa shape index (κ3) is 5.58. The lowest BCUT2D eigenvalue weighted by Crippen LogP contribution is -2.14. The maximum atomic E-state index is 12.4. The van der Waals surface area contributed by atoms with Crippen molar-refractivity contribution in [3.8, 4) is 0 Å². The van der Waals surface area contributed by atoms with Crippen molar-refractivity contribution in [2.75, 3.05) is 11.9 Å². The van der Waals surface area contributed by atoms with E-state index in [0.717, 1.165) is 5.56 Å². The van der Waals surface area contributed by atoms with E-state index < -0.39 is 5.91 Å². The van der Waals surface area contributed by atoms with E-state index in [1.54, 1.807) is 48.5 Å². The molecule has 0 saturated heterocycles. The Labute approximate surface area is 157 Å². The minimum Gasteiger partial charge on any atom is -0.510 e. The molecule has 27 heavy (non-hydrogen) atoms. The Hall–Kier alpha value is -3.32. The number of Topliss-reactive ketones (excluding diaryl/α,β-unsaturated/α-hetero) is 1. The van der Waals surface area contributed by atoms with Gasteiger partial charge in [-0.1, -0.05) is 24.3 Å². The van der Waals surface area contributed by atoms with Crippen LogP contribution in [-0.4, -0.2) is 28.5 Å². The van der Waals surface area contributed by atoms with E-state index in [-0.39, 0.29) is 23.8 Å². The molecule has 0 spiro atoms. The van der Waals surface area contributed by atoms with Crippen LogP contribution >= 0.6 is 0 Å². The zero-order valence-electron chi connectivity index (χ0n) is 15.1. The van der Waals surface area contributed by atoms with Crippen LogP contribution in [0.2, 0.25) is 0 Å². The van der Waals surface area contributed by atoms with Crippen LogP contribution in [0.25, 0.3) is 0 Å². The van der Waals surface area contributed by atoms with Crippen LogP contribution in [0.3, 0.4) is 0 Å². The van der Waals surface area contributed by atoms with E-state index in [1.165, 1.54) is 13.8 Å². The predicted octanol–water partition coefficient (Wildman–Crippen LogP) is 3.94. The van der Waals surface area contributed by atoms with Gasteiger partial charge in [0, 0.05) is 17.9 Å². The molecule has 0 unspecified atom stereocenters. The Morgan fingerprint density at radius 3 is 2.30 bits per heavy atom. The minimum absolute atomic E-state index is 0.0461. The molecule has 7 heteroatoms. The molecule has 0 aliphatic rings. The number of azo groups is 1. The molecule has 3 N–H and O–H groups in total. The first-order chi connectivity index (χ1) is 12.9. The van der Waals surface area contributed by atoms with Crippen molar-refractivity contribution >= 4 is 23.1 Å². The number of nitrogens with one attached hydrogen (secondary N) is 1. The van der Waals surface area contributed by atoms with Crippen molar-refractivity contribution in [1.29, 1.82) is 0 Å². The lowest BCUT2D eigenvalue weighted by atomic mass is 10.1. The highest BCUT2D eigenvalue weighted by Gasteiger charge is 2.14. The van der Waals surface area contributed by atoms with E-state index in [9.17, 15) is 14.7 Å². The van der Waals surface area contributed by atoms with Crippen LogP contribution in [0.5, 0.6) is 0 Å². The van der Waals surface area contributed by atoms with E-state index in [1.807, 2.05) is 0 Å². The van der Waals surface area contributed by atoms with Gasteiger partial charge in [-0.15, -0.1) is 10.2 Å². The summed E-state index contributed by atoms with van der Waals surface area (Å²) in [6, 6.07) is 13.6. The average Bonchev–Trinajstić information content (AvgIpc) is 2.63. The fraction of sp³-hybridized carbons (Fsp3) is 0.200. The Bertz CT molecular complexity index is 882. The van der Waals surface area contributed by atoms with Crippen LogP contribution in [0.1, 0.15) is 29.8 Å². The van der Waals surface area contributed by atoms with Gasteiger partial charge in [0.05, 0.1) is 5.69 Å². The monoisotopic (exact) mass is 367 g/mol. The topological polar surface area (TPSA) is 111 Å². The van der Waals surface area contributed by atoms with Gasteiger partial charge < -0.3 is 15.5 Å². The van der Waals surface area contributed by atoms with Gasteiger partial charge in [-0.3, -0.25) is 9.59 Å². The minimum atomic E-state index is -0.631. The Kier molecular flexibility index (Phi) is 6.96. The quantitative estimate of drug-likeness (QED) is 0.298. The highest BCUT2D eigenvalue weighted by molar-refractivity contribution is 6.03. The summed E-state index contributed by atoms with van der Waals surface area (Å²) < 4.78 is 0. The van der Waals surface area contributed by atoms with Gasteiger partial charge in [0.25, 0.3) is 5.91 Å². The zero-order chi connectivity index (χ0) is 19.8. The van der Waals surface area contributed by atoms with Crippen molar-refractivity contribution in [2.45, 2.75) is 20.3 Å². The Morgan fingerprint density at radius 2 is 1.70 bits per heavy atom. The summed E-state index contributed by atoms with van der Waals surface area (Å²) in [6.45, 7) is 2.79. The highest BCUT2D eigenvalue weighted by Crippen LogP contribution is 2.21. The zero-order valence-corrected chi connectivity index (χ0v) is 15.1. The molecule has 2 rings (SSSR count). The first-order valence-corrected chi connectivity index (χ1v) is 8.35. The third-order valence-corrected chi connectivity index (χ3v) is 3.71. The second-order valence-corrected chi connectivity index (χ2v) is 5.83. The third-order valence-electron chi connectivity index (χ3n) is 3.71. The molecular weight excluding hydrogens is 346 g/mol. The Balaban J connectivity index is 2.19. The lowest BCUT2D eigenvalue weighted by molar-refractivity contribution is -0.113. The number of hydrogen-bond acceptors (Lipinski definition) is 6. The highest BCUT2D eigenvalue weighted by atomic mass is 16.3. The molecule has 0 saturated carbocycles. The molecule has 0 radical (unpaired) electrons. The van der Waals surface area contributed by atoms with E-state index in [4.69, 9.17) is 5.11 Å². The summed E-state index contributed by atoms with van der Waals surface area (Å²) in [7, 11) is 0. The number of aliphatic hydroxyl groups is 2. The van der Waals surface area contributed by atoms with Crippen LogP contribution in [0.15, 0.2) is 70.2 Å². The molecule has 0 fully saturated rings. The number of rotatable bonds is 7. The maximum absolute atomic E-state index is 12.4. The molecule has 0 aliphatic heterocycles. The fourth-order valence-electron chi connectivity index (χ4n) is 2.32. The molecule has 2 aromatic carbocycles. The number of aliphatic hydroxyl groups excluding tert-OH is 2. The lowest BCUT2D eigenvalue weighted by Gasteiger charge is -2.07. The van der Waals surface area contributed by atoms with Crippen molar-refractivity contribution in [3.05, 3.63) is 71.1 Å². The molecule has 7 nitrogen and oxygen atoms in total. The first kappa shape index (κ1) is 20.0. The summed E-state index contributed by atoms with van der Waals surface area (Å²) >= 11 is 0. The number of allylic oxidation sites excluding steroid dienone is 1. The van der Waals surface area contributed by atoms with Gasteiger partial charge in [-0.05, 0) is 50.1 Å².